The standard InChI is InChI=1S/C20H21FN2O4/c1-13-4-7-18(27-3)16(10-13)23-20(25)12-22-19(24)9-6-14-5-8-17(26-2)15(21)11-14/h4-11H,12H2,1-3H3,(H,22,24)(H,23,25)/b9-6+. The fourth-order valence-electron chi connectivity index (χ4n) is 2.30. The van der Waals surface area contributed by atoms with E-state index in [1.165, 1.54) is 38.5 Å². The number of benzene rings is 2. The maximum absolute atomic E-state index is 13.6. The van der Waals surface area contributed by atoms with Gasteiger partial charge >= 0.3 is 0 Å². The van der Waals surface area contributed by atoms with E-state index < -0.39 is 17.6 Å². The molecule has 2 amide bonds. The zero-order valence-electron chi connectivity index (χ0n) is 15.3. The summed E-state index contributed by atoms with van der Waals surface area (Å²) in [6.07, 6.45) is 2.67. The van der Waals surface area contributed by atoms with Crippen molar-refractivity contribution < 1.29 is 23.5 Å². The van der Waals surface area contributed by atoms with Crippen LogP contribution in [0.2, 0.25) is 0 Å². The molecule has 7 heteroatoms. The fraction of sp³-hybridized carbons (Fsp3) is 0.200. The van der Waals surface area contributed by atoms with Crippen molar-refractivity contribution in [3.63, 3.8) is 0 Å². The summed E-state index contributed by atoms with van der Waals surface area (Å²) in [5.41, 5.74) is 1.99. The number of methoxy groups -OCH3 is 2. The molecule has 0 unspecified atom stereocenters. The molecule has 0 saturated carbocycles. The molecule has 0 heterocycles. The minimum absolute atomic E-state index is 0.125. The van der Waals surface area contributed by atoms with Crippen LogP contribution in [-0.2, 0) is 9.59 Å². The van der Waals surface area contributed by atoms with Crippen molar-refractivity contribution in [2.75, 3.05) is 26.1 Å². The number of aryl methyl sites for hydroxylation is 1. The molecule has 0 aliphatic rings. The van der Waals surface area contributed by atoms with Gasteiger partial charge in [0.15, 0.2) is 11.6 Å². The van der Waals surface area contributed by atoms with Crippen LogP contribution in [-0.4, -0.2) is 32.6 Å². The molecule has 0 aliphatic heterocycles. The Labute approximate surface area is 157 Å². The summed E-state index contributed by atoms with van der Waals surface area (Å²) in [5.74, 6) is -0.734. The fourth-order valence-corrected chi connectivity index (χ4v) is 2.30. The third-order valence-electron chi connectivity index (χ3n) is 3.66. The molecule has 0 saturated heterocycles. The van der Waals surface area contributed by atoms with Crippen LogP contribution in [0.15, 0.2) is 42.5 Å². The topological polar surface area (TPSA) is 76.7 Å². The molecule has 142 valence electrons. The summed E-state index contributed by atoms with van der Waals surface area (Å²) < 4.78 is 23.6. The van der Waals surface area contributed by atoms with E-state index in [-0.39, 0.29) is 12.3 Å². The summed E-state index contributed by atoms with van der Waals surface area (Å²) in [6, 6.07) is 9.72. The summed E-state index contributed by atoms with van der Waals surface area (Å²) >= 11 is 0. The lowest BCUT2D eigenvalue weighted by Gasteiger charge is -2.11. The van der Waals surface area contributed by atoms with E-state index in [1.54, 1.807) is 18.2 Å². The Balaban J connectivity index is 1.89. The Morgan fingerprint density at radius 2 is 1.78 bits per heavy atom. The van der Waals surface area contributed by atoms with Crippen molar-refractivity contribution in [3.05, 3.63) is 59.4 Å². The Morgan fingerprint density at radius 1 is 1.07 bits per heavy atom. The molecule has 2 rings (SSSR count). The largest absolute Gasteiger partial charge is 0.495 e. The third-order valence-corrected chi connectivity index (χ3v) is 3.66. The van der Waals surface area contributed by atoms with E-state index >= 15 is 0 Å². The van der Waals surface area contributed by atoms with Gasteiger partial charge in [-0.05, 0) is 48.4 Å². The summed E-state index contributed by atoms with van der Waals surface area (Å²) in [4.78, 5) is 23.9. The van der Waals surface area contributed by atoms with Gasteiger partial charge in [-0.1, -0.05) is 12.1 Å². The Kier molecular flexibility index (Phi) is 6.93. The van der Waals surface area contributed by atoms with E-state index in [0.717, 1.165) is 5.56 Å². The number of amides is 2. The SMILES string of the molecule is COc1ccc(/C=C/C(=O)NCC(=O)Nc2cc(C)ccc2OC)cc1F. The van der Waals surface area contributed by atoms with Crippen LogP contribution in [0.5, 0.6) is 11.5 Å². The average molecular weight is 372 g/mol. The Morgan fingerprint density at radius 3 is 2.44 bits per heavy atom. The second kappa shape index (κ2) is 9.38. The zero-order valence-corrected chi connectivity index (χ0v) is 15.3. The molecule has 0 bridgehead atoms. The highest BCUT2D eigenvalue weighted by atomic mass is 19.1. The second-order valence-corrected chi connectivity index (χ2v) is 5.70. The summed E-state index contributed by atoms with van der Waals surface area (Å²) in [5, 5.41) is 5.15. The lowest BCUT2D eigenvalue weighted by Crippen LogP contribution is -2.31. The highest BCUT2D eigenvalue weighted by Crippen LogP contribution is 2.25. The molecule has 2 aromatic rings. The van der Waals surface area contributed by atoms with Gasteiger partial charge in [0, 0.05) is 6.08 Å². The predicted molar refractivity (Wildman–Crippen MR) is 101 cm³/mol. The van der Waals surface area contributed by atoms with Gasteiger partial charge in [-0.15, -0.1) is 0 Å². The lowest BCUT2D eigenvalue weighted by molar-refractivity contribution is -0.121. The first-order valence-corrected chi connectivity index (χ1v) is 8.17. The first kappa shape index (κ1) is 20.0. The zero-order chi connectivity index (χ0) is 19.8. The normalized spacial score (nSPS) is 10.5. The third kappa shape index (κ3) is 5.85. The van der Waals surface area contributed by atoms with Crippen molar-refractivity contribution in [2.45, 2.75) is 6.92 Å². The number of hydrogen-bond donors (Lipinski definition) is 2. The van der Waals surface area contributed by atoms with Gasteiger partial charge in [0.05, 0.1) is 26.5 Å². The van der Waals surface area contributed by atoms with Crippen LogP contribution in [0.25, 0.3) is 6.08 Å². The number of nitrogens with one attached hydrogen (secondary N) is 2. The molecule has 2 aromatic carbocycles. The molecule has 0 radical (unpaired) electrons. The number of halogens is 1. The van der Waals surface area contributed by atoms with E-state index in [1.807, 2.05) is 13.0 Å². The van der Waals surface area contributed by atoms with E-state index in [0.29, 0.717) is 17.0 Å². The lowest BCUT2D eigenvalue weighted by atomic mass is 10.2. The van der Waals surface area contributed by atoms with Crippen LogP contribution >= 0.6 is 0 Å². The number of carbonyl (C=O) groups is 2. The first-order chi connectivity index (χ1) is 12.9. The van der Waals surface area contributed by atoms with Gasteiger partial charge in [-0.25, -0.2) is 4.39 Å². The number of rotatable bonds is 7. The van der Waals surface area contributed by atoms with Gasteiger partial charge in [0.2, 0.25) is 11.8 Å². The molecule has 0 aromatic heterocycles. The minimum atomic E-state index is -0.522. The molecule has 6 nitrogen and oxygen atoms in total. The van der Waals surface area contributed by atoms with Crippen molar-refractivity contribution in [2.24, 2.45) is 0 Å². The number of hydrogen-bond acceptors (Lipinski definition) is 4. The van der Waals surface area contributed by atoms with Gasteiger partial charge in [0.1, 0.15) is 5.75 Å². The highest BCUT2D eigenvalue weighted by Gasteiger charge is 2.09. The Bertz CT molecular complexity index is 865. The van der Waals surface area contributed by atoms with E-state index in [9.17, 15) is 14.0 Å². The average Bonchev–Trinajstić information content (AvgIpc) is 2.65. The van der Waals surface area contributed by atoms with Crippen molar-refractivity contribution in [1.29, 1.82) is 0 Å². The molecule has 0 spiro atoms. The number of carbonyl (C=O) groups excluding carboxylic acids is 2. The van der Waals surface area contributed by atoms with Crippen LogP contribution < -0.4 is 20.1 Å². The molecule has 0 aliphatic carbocycles. The molecule has 27 heavy (non-hydrogen) atoms. The monoisotopic (exact) mass is 372 g/mol. The van der Waals surface area contributed by atoms with Crippen LogP contribution in [0.4, 0.5) is 10.1 Å². The van der Waals surface area contributed by atoms with Crippen LogP contribution in [0.1, 0.15) is 11.1 Å². The first-order valence-electron chi connectivity index (χ1n) is 8.17. The molecule has 0 atom stereocenters. The van der Waals surface area contributed by atoms with Crippen LogP contribution in [0, 0.1) is 12.7 Å². The van der Waals surface area contributed by atoms with Crippen molar-refractivity contribution in [1.82, 2.24) is 5.32 Å². The molecule has 0 fully saturated rings. The number of ether oxygens (including phenoxy) is 2. The minimum Gasteiger partial charge on any atom is -0.495 e. The molecular formula is C20H21FN2O4. The van der Waals surface area contributed by atoms with Gasteiger partial charge < -0.3 is 20.1 Å². The number of anilines is 1. The maximum atomic E-state index is 13.6. The van der Waals surface area contributed by atoms with Crippen molar-refractivity contribution in [3.8, 4) is 11.5 Å². The van der Waals surface area contributed by atoms with Gasteiger partial charge in [-0.3, -0.25) is 9.59 Å². The van der Waals surface area contributed by atoms with Crippen LogP contribution in [0.3, 0.4) is 0 Å². The smallest absolute Gasteiger partial charge is 0.244 e. The van der Waals surface area contributed by atoms with E-state index in [2.05, 4.69) is 10.6 Å². The maximum Gasteiger partial charge on any atom is 0.244 e. The quantitative estimate of drug-likeness (QED) is 0.733. The summed E-state index contributed by atoms with van der Waals surface area (Å²) in [7, 11) is 2.88. The summed E-state index contributed by atoms with van der Waals surface area (Å²) in [6.45, 7) is 1.68. The molecular weight excluding hydrogens is 351 g/mol. The van der Waals surface area contributed by atoms with E-state index in [4.69, 9.17) is 9.47 Å². The van der Waals surface area contributed by atoms with Gasteiger partial charge in [0.25, 0.3) is 0 Å². The Hall–Kier alpha value is -3.35. The second-order valence-electron chi connectivity index (χ2n) is 5.70. The van der Waals surface area contributed by atoms with Gasteiger partial charge in [-0.2, -0.15) is 0 Å². The molecule has 2 N–H and O–H groups in total. The predicted octanol–water partition coefficient (Wildman–Crippen LogP) is 2.92. The van der Waals surface area contributed by atoms with Crippen molar-refractivity contribution >= 4 is 23.6 Å². The highest BCUT2D eigenvalue weighted by molar-refractivity contribution is 5.98.